The summed E-state index contributed by atoms with van der Waals surface area (Å²) < 4.78 is 2.62. The maximum absolute atomic E-state index is 5.24. The molecule has 0 spiro atoms. The number of nitrogens with zero attached hydrogens (tertiary/aromatic N) is 3. The summed E-state index contributed by atoms with van der Waals surface area (Å²) in [6.45, 7) is 4.53. The maximum Gasteiger partial charge on any atom is 0.160 e. The summed E-state index contributed by atoms with van der Waals surface area (Å²) in [7, 11) is 0. The van der Waals surface area contributed by atoms with E-state index in [1.54, 1.807) is 0 Å². The quantitative estimate of drug-likeness (QED) is 0.228. The van der Waals surface area contributed by atoms with Gasteiger partial charge in [0.25, 0.3) is 0 Å². The molecule has 0 saturated heterocycles. The van der Waals surface area contributed by atoms with Gasteiger partial charge in [-0.2, -0.15) is 0 Å². The van der Waals surface area contributed by atoms with Crippen LogP contribution in [0.2, 0.25) is 0 Å². The molecule has 0 unspecified atom stereocenters. The van der Waals surface area contributed by atoms with Gasteiger partial charge in [-0.1, -0.05) is 98.8 Å². The van der Waals surface area contributed by atoms with E-state index < -0.39 is 0 Å². The lowest BCUT2D eigenvalue weighted by Crippen LogP contribution is -2.17. The molecule has 0 radical (unpaired) electrons. The van der Waals surface area contributed by atoms with E-state index in [9.17, 15) is 0 Å². The largest absolute Gasteiger partial charge is 0.255 e. The van der Waals surface area contributed by atoms with Gasteiger partial charge in [-0.25, -0.2) is 9.97 Å². The summed E-state index contributed by atoms with van der Waals surface area (Å²) in [5.74, 6) is 0.720. The SMILES string of the molecule is CC1(C)c2ccccc2-c2nc(-c3cccc(-c4cccc5c4sc4ccccc45)c3)nc(-c3ccccn3)c21. The first kappa shape index (κ1) is 23.2. The van der Waals surface area contributed by atoms with Crippen LogP contribution in [0.25, 0.3) is 65.3 Å². The zero-order valence-electron chi connectivity index (χ0n) is 22.2. The normalized spacial score (nSPS) is 13.4. The van der Waals surface area contributed by atoms with Gasteiger partial charge >= 0.3 is 0 Å². The second kappa shape index (κ2) is 8.67. The summed E-state index contributed by atoms with van der Waals surface area (Å²) in [6, 6.07) is 38.5. The Bertz CT molecular complexity index is 2090. The van der Waals surface area contributed by atoms with Crippen LogP contribution in [-0.4, -0.2) is 15.0 Å². The monoisotopic (exact) mass is 531 g/mol. The molecule has 0 N–H and O–H groups in total. The predicted octanol–water partition coefficient (Wildman–Crippen LogP) is 9.55. The minimum Gasteiger partial charge on any atom is -0.255 e. The lowest BCUT2D eigenvalue weighted by atomic mass is 9.81. The molecule has 1 aliphatic rings. The zero-order valence-corrected chi connectivity index (χ0v) is 23.0. The fraction of sp³-hybridized carbons (Fsp3) is 0.0833. The second-order valence-electron chi connectivity index (χ2n) is 10.9. The number of hydrogen-bond donors (Lipinski definition) is 0. The molecule has 1 aliphatic carbocycles. The molecular weight excluding hydrogens is 506 g/mol. The van der Waals surface area contributed by atoms with Crippen LogP contribution >= 0.6 is 11.3 Å². The van der Waals surface area contributed by atoms with Crippen molar-refractivity contribution in [3.63, 3.8) is 0 Å². The highest BCUT2D eigenvalue weighted by Gasteiger charge is 2.40. The van der Waals surface area contributed by atoms with Gasteiger partial charge in [0.15, 0.2) is 5.82 Å². The summed E-state index contributed by atoms with van der Waals surface area (Å²) >= 11 is 1.85. The van der Waals surface area contributed by atoms with Crippen molar-refractivity contribution in [2.45, 2.75) is 19.3 Å². The average molecular weight is 532 g/mol. The van der Waals surface area contributed by atoms with E-state index in [-0.39, 0.29) is 5.41 Å². The first-order valence-electron chi connectivity index (χ1n) is 13.5. The second-order valence-corrected chi connectivity index (χ2v) is 11.9. The van der Waals surface area contributed by atoms with Gasteiger partial charge in [0.05, 0.1) is 17.1 Å². The predicted molar refractivity (Wildman–Crippen MR) is 167 cm³/mol. The fourth-order valence-electron chi connectivity index (χ4n) is 6.23. The number of hydrogen-bond acceptors (Lipinski definition) is 4. The van der Waals surface area contributed by atoms with E-state index in [2.05, 4.69) is 105 Å². The molecule has 40 heavy (non-hydrogen) atoms. The van der Waals surface area contributed by atoms with Crippen LogP contribution in [0.5, 0.6) is 0 Å². The van der Waals surface area contributed by atoms with Gasteiger partial charge in [0.1, 0.15) is 0 Å². The van der Waals surface area contributed by atoms with Gasteiger partial charge in [-0.05, 0) is 41.0 Å². The maximum atomic E-state index is 5.24. The zero-order chi connectivity index (χ0) is 26.8. The molecule has 3 nitrogen and oxygen atoms in total. The van der Waals surface area contributed by atoms with Crippen molar-refractivity contribution in [3.05, 3.63) is 127 Å². The minimum atomic E-state index is -0.226. The van der Waals surface area contributed by atoms with Crippen molar-refractivity contribution >= 4 is 31.5 Å². The van der Waals surface area contributed by atoms with Crippen molar-refractivity contribution < 1.29 is 0 Å². The highest BCUT2D eigenvalue weighted by molar-refractivity contribution is 7.26. The van der Waals surface area contributed by atoms with Crippen LogP contribution in [0.3, 0.4) is 0 Å². The number of thiophene rings is 1. The van der Waals surface area contributed by atoms with Gasteiger partial charge in [0.2, 0.25) is 0 Å². The Morgan fingerprint density at radius 3 is 2.25 bits per heavy atom. The lowest BCUT2D eigenvalue weighted by molar-refractivity contribution is 0.657. The van der Waals surface area contributed by atoms with Gasteiger partial charge in [0, 0.05) is 48.5 Å². The summed E-state index contributed by atoms with van der Waals surface area (Å²) in [5.41, 5.74) is 9.54. The number of pyridine rings is 1. The Balaban J connectivity index is 1.35. The Morgan fingerprint density at radius 2 is 1.35 bits per heavy atom. The van der Waals surface area contributed by atoms with Crippen LogP contribution in [0.1, 0.15) is 25.0 Å². The molecule has 0 fully saturated rings. The van der Waals surface area contributed by atoms with Crippen molar-refractivity contribution in [2.75, 3.05) is 0 Å². The van der Waals surface area contributed by atoms with Crippen LogP contribution in [0.15, 0.2) is 115 Å². The van der Waals surface area contributed by atoms with E-state index in [0.717, 1.165) is 34.0 Å². The highest BCUT2D eigenvalue weighted by Crippen LogP contribution is 2.51. The lowest BCUT2D eigenvalue weighted by Gasteiger charge is -2.23. The molecule has 7 aromatic rings. The summed E-state index contributed by atoms with van der Waals surface area (Å²) in [5, 5.41) is 2.61. The standard InChI is InChI=1S/C36H25N3S/c1-36(2)28-17-5-3-14-27(28)32-31(36)33(29-18-7-8-20-37-29)39-35(38-32)23-12-9-11-22(21-23)24-15-10-16-26-25-13-4-6-19-30(25)40-34(24)26/h3-21H,1-2H3. The molecule has 0 atom stereocenters. The number of fused-ring (bicyclic) bond motifs is 6. The Morgan fingerprint density at radius 1 is 0.625 bits per heavy atom. The molecule has 3 heterocycles. The molecule has 0 aliphatic heterocycles. The van der Waals surface area contributed by atoms with Crippen LogP contribution in [0, 0.1) is 0 Å². The summed E-state index contributed by atoms with van der Waals surface area (Å²) in [6.07, 6.45) is 1.84. The molecule has 0 saturated carbocycles. The summed E-state index contributed by atoms with van der Waals surface area (Å²) in [4.78, 5) is 15.2. The molecule has 190 valence electrons. The molecule has 3 aromatic heterocycles. The van der Waals surface area contributed by atoms with E-state index in [1.165, 1.54) is 42.4 Å². The molecule has 0 bridgehead atoms. The van der Waals surface area contributed by atoms with E-state index in [4.69, 9.17) is 15.0 Å². The third-order valence-electron chi connectivity index (χ3n) is 8.13. The first-order valence-corrected chi connectivity index (χ1v) is 14.4. The van der Waals surface area contributed by atoms with Crippen molar-refractivity contribution in [1.29, 1.82) is 0 Å². The molecule has 0 amide bonds. The third-order valence-corrected chi connectivity index (χ3v) is 9.35. The Labute approximate surface area is 236 Å². The van der Waals surface area contributed by atoms with Crippen LogP contribution in [-0.2, 0) is 5.41 Å². The molecule has 8 rings (SSSR count). The van der Waals surface area contributed by atoms with Crippen molar-refractivity contribution in [3.8, 4) is 45.2 Å². The average Bonchev–Trinajstić information content (AvgIpc) is 3.50. The Kier molecular flexibility index (Phi) is 5.04. The van der Waals surface area contributed by atoms with E-state index >= 15 is 0 Å². The third kappa shape index (κ3) is 3.39. The van der Waals surface area contributed by atoms with Crippen molar-refractivity contribution in [2.24, 2.45) is 0 Å². The van der Waals surface area contributed by atoms with Crippen LogP contribution in [0.4, 0.5) is 0 Å². The molecular formula is C36H25N3S. The Hall–Kier alpha value is -4.67. The number of rotatable bonds is 3. The number of aromatic nitrogens is 3. The van der Waals surface area contributed by atoms with Gasteiger partial charge < -0.3 is 0 Å². The number of benzene rings is 4. The highest BCUT2D eigenvalue weighted by atomic mass is 32.1. The first-order chi connectivity index (χ1) is 19.6. The van der Waals surface area contributed by atoms with Gasteiger partial charge in [-0.15, -0.1) is 11.3 Å². The topological polar surface area (TPSA) is 38.7 Å². The van der Waals surface area contributed by atoms with E-state index in [1.807, 2.05) is 35.7 Å². The van der Waals surface area contributed by atoms with Crippen LogP contribution < -0.4 is 0 Å². The smallest absolute Gasteiger partial charge is 0.160 e. The minimum absolute atomic E-state index is 0.226. The molecule has 4 heteroatoms. The van der Waals surface area contributed by atoms with E-state index in [0.29, 0.717) is 0 Å². The van der Waals surface area contributed by atoms with Crippen molar-refractivity contribution in [1.82, 2.24) is 15.0 Å². The van der Waals surface area contributed by atoms with Gasteiger partial charge in [-0.3, -0.25) is 4.98 Å². The fourth-order valence-corrected chi connectivity index (χ4v) is 7.47. The molecule has 4 aromatic carbocycles.